The third kappa shape index (κ3) is 8.92. The average Bonchev–Trinajstić information content (AvgIpc) is 3.46. The van der Waals surface area contributed by atoms with Crippen molar-refractivity contribution in [1.29, 1.82) is 0 Å². The summed E-state index contributed by atoms with van der Waals surface area (Å²) in [6, 6.07) is 19.0. The van der Waals surface area contributed by atoms with Crippen LogP contribution >= 0.6 is 11.6 Å². The molecule has 258 valence electrons. The van der Waals surface area contributed by atoms with Gasteiger partial charge in [-0.3, -0.25) is 9.56 Å². The Morgan fingerprint density at radius 1 is 1.06 bits per heavy atom. The maximum Gasteiger partial charge on any atom is 0.354 e. The van der Waals surface area contributed by atoms with Crippen LogP contribution in [0.15, 0.2) is 87.6 Å². The number of benzene rings is 3. The zero-order valence-corrected chi connectivity index (χ0v) is 28.9. The SMILES string of the molecule is C[C@H](N)CCCc1cc(Cl)c(F)c(-c2cc3cn(-c4ccc([C@@H](NCCCN=C(N)N)c5ccc(S(C)(=O)=O)cc5)cc4)c(=O)nc3[nH]2)c1. The van der Waals surface area contributed by atoms with E-state index in [9.17, 15) is 13.2 Å². The number of nitrogens with zero attached hydrogens (tertiary/aromatic N) is 3. The molecule has 2 aromatic heterocycles. The Morgan fingerprint density at radius 3 is 2.37 bits per heavy atom. The summed E-state index contributed by atoms with van der Waals surface area (Å²) in [5, 5.41) is 4.13. The molecule has 0 amide bonds. The highest BCUT2D eigenvalue weighted by Gasteiger charge is 2.18. The number of aromatic amines is 1. The van der Waals surface area contributed by atoms with E-state index in [1.54, 1.807) is 48.7 Å². The van der Waals surface area contributed by atoms with E-state index in [4.69, 9.17) is 28.8 Å². The Balaban J connectivity index is 1.43. The number of hydrogen-bond acceptors (Lipinski definition) is 7. The van der Waals surface area contributed by atoms with Gasteiger partial charge in [0.25, 0.3) is 0 Å². The van der Waals surface area contributed by atoms with Crippen molar-refractivity contribution in [3.8, 4) is 16.9 Å². The molecule has 2 heterocycles. The number of halogens is 2. The number of nitrogens with two attached hydrogens (primary N) is 3. The first-order chi connectivity index (χ1) is 23.3. The molecule has 11 nitrogen and oxygen atoms in total. The highest BCUT2D eigenvalue weighted by atomic mass is 35.5. The third-order valence-electron chi connectivity index (χ3n) is 8.14. The van der Waals surface area contributed by atoms with Crippen LogP contribution in [0.5, 0.6) is 0 Å². The van der Waals surface area contributed by atoms with Gasteiger partial charge in [0.2, 0.25) is 0 Å². The second-order valence-electron chi connectivity index (χ2n) is 12.2. The maximum absolute atomic E-state index is 15.2. The largest absolute Gasteiger partial charge is 0.370 e. The van der Waals surface area contributed by atoms with Crippen molar-refractivity contribution >= 4 is 38.4 Å². The quantitative estimate of drug-likeness (QED) is 0.0630. The predicted octanol–water partition coefficient (Wildman–Crippen LogP) is 4.59. The Morgan fingerprint density at radius 2 is 1.73 bits per heavy atom. The summed E-state index contributed by atoms with van der Waals surface area (Å²) < 4.78 is 40.7. The molecule has 3 aromatic carbocycles. The molecule has 0 aliphatic rings. The van der Waals surface area contributed by atoms with Crippen LogP contribution in [0.1, 0.15) is 48.9 Å². The van der Waals surface area contributed by atoms with E-state index in [2.05, 4.69) is 20.3 Å². The lowest BCUT2D eigenvalue weighted by atomic mass is 9.98. The topological polar surface area (TPSA) is 187 Å². The number of sulfone groups is 1. The molecule has 0 bridgehead atoms. The van der Waals surface area contributed by atoms with Crippen LogP contribution in [-0.2, 0) is 16.3 Å². The number of rotatable bonds is 14. The van der Waals surface area contributed by atoms with E-state index < -0.39 is 21.3 Å². The highest BCUT2D eigenvalue weighted by Crippen LogP contribution is 2.32. The summed E-state index contributed by atoms with van der Waals surface area (Å²) in [5.74, 6) is -0.530. The Labute approximate surface area is 289 Å². The van der Waals surface area contributed by atoms with Crippen molar-refractivity contribution in [3.63, 3.8) is 0 Å². The van der Waals surface area contributed by atoms with Crippen molar-refractivity contribution in [2.45, 2.75) is 49.6 Å². The van der Waals surface area contributed by atoms with E-state index in [-0.39, 0.29) is 28.0 Å². The summed E-state index contributed by atoms with van der Waals surface area (Å²) in [4.78, 5) is 24.7. The van der Waals surface area contributed by atoms with Crippen LogP contribution in [0.4, 0.5) is 4.39 Å². The second kappa shape index (κ2) is 15.3. The molecule has 0 aliphatic carbocycles. The molecule has 0 radical (unpaired) electrons. The van der Waals surface area contributed by atoms with Gasteiger partial charge in [0, 0.05) is 36.0 Å². The van der Waals surface area contributed by atoms with Gasteiger partial charge in [-0.1, -0.05) is 35.9 Å². The summed E-state index contributed by atoms with van der Waals surface area (Å²) in [6.07, 6.45) is 5.88. The van der Waals surface area contributed by atoms with E-state index >= 15 is 4.39 Å². The normalized spacial score (nSPS) is 13.0. The first kappa shape index (κ1) is 35.7. The molecule has 0 fully saturated rings. The summed E-state index contributed by atoms with van der Waals surface area (Å²) in [5.41, 5.74) is 20.5. The van der Waals surface area contributed by atoms with Crippen LogP contribution in [0.2, 0.25) is 5.02 Å². The molecule has 49 heavy (non-hydrogen) atoms. The molecule has 8 N–H and O–H groups in total. The number of guanidine groups is 1. The summed E-state index contributed by atoms with van der Waals surface area (Å²) in [7, 11) is -3.35. The molecule has 0 spiro atoms. The van der Waals surface area contributed by atoms with Gasteiger partial charge in [-0.25, -0.2) is 17.6 Å². The number of aryl methyl sites for hydroxylation is 1. The van der Waals surface area contributed by atoms with Gasteiger partial charge in [-0.2, -0.15) is 4.98 Å². The highest BCUT2D eigenvalue weighted by molar-refractivity contribution is 7.90. The number of hydrogen-bond donors (Lipinski definition) is 5. The predicted molar refractivity (Wildman–Crippen MR) is 193 cm³/mol. The fraction of sp³-hybridized carbons (Fsp3) is 0.286. The molecule has 2 atom stereocenters. The Kier molecular flexibility index (Phi) is 11.2. The molecule has 14 heteroatoms. The molecule has 0 unspecified atom stereocenters. The van der Waals surface area contributed by atoms with Crippen LogP contribution in [0, 0.1) is 5.82 Å². The molecular weight excluding hydrogens is 667 g/mol. The zero-order valence-electron chi connectivity index (χ0n) is 27.3. The molecule has 0 saturated carbocycles. The summed E-state index contributed by atoms with van der Waals surface area (Å²) in [6.45, 7) is 2.98. The van der Waals surface area contributed by atoms with Crippen molar-refractivity contribution in [2.24, 2.45) is 22.2 Å². The van der Waals surface area contributed by atoms with Crippen LogP contribution in [0.3, 0.4) is 0 Å². The maximum atomic E-state index is 15.2. The first-order valence-corrected chi connectivity index (χ1v) is 18.1. The standard InChI is InChI=1S/C35H40ClFN8O3S/c1-21(38)5-3-6-22-17-28(31(37)29(36)18-22)30-19-25-20-45(35(46)44-33(25)43-30)26-11-7-23(8-12-26)32(41-15-4-16-42-34(39)40)24-9-13-27(14-10-24)49(2,47)48/h7-14,17-21,32,41H,3-6,15-16,38H2,1-2H3,(H4,39,40,42)(H,43,44,46)/t21-,32+/m0/s1. The number of aliphatic imine (C=N–C) groups is 1. The lowest BCUT2D eigenvalue weighted by Gasteiger charge is -2.21. The van der Waals surface area contributed by atoms with E-state index in [0.29, 0.717) is 53.9 Å². The van der Waals surface area contributed by atoms with Gasteiger partial charge in [0.05, 0.1) is 27.3 Å². The smallest absolute Gasteiger partial charge is 0.354 e. The zero-order chi connectivity index (χ0) is 35.3. The second-order valence-corrected chi connectivity index (χ2v) is 14.6. The minimum absolute atomic E-state index is 0.0208. The third-order valence-corrected chi connectivity index (χ3v) is 9.54. The van der Waals surface area contributed by atoms with E-state index in [1.165, 1.54) is 10.8 Å². The minimum atomic E-state index is -3.35. The van der Waals surface area contributed by atoms with Crippen LogP contribution < -0.4 is 28.2 Å². The number of fused-ring (bicyclic) bond motifs is 1. The molecular formula is C35H40ClFN8O3S. The Bertz CT molecular complexity index is 2130. The van der Waals surface area contributed by atoms with E-state index in [1.807, 2.05) is 31.2 Å². The van der Waals surface area contributed by atoms with Crippen molar-refractivity contribution in [1.82, 2.24) is 19.9 Å². The molecule has 5 aromatic rings. The molecule has 0 saturated heterocycles. The van der Waals surface area contributed by atoms with Gasteiger partial charge in [0.15, 0.2) is 21.6 Å². The lowest BCUT2D eigenvalue weighted by molar-refractivity contribution is 0.586. The minimum Gasteiger partial charge on any atom is -0.370 e. The number of H-pyrrole nitrogens is 1. The van der Waals surface area contributed by atoms with Gasteiger partial charge in [0.1, 0.15) is 5.65 Å². The van der Waals surface area contributed by atoms with Gasteiger partial charge < -0.3 is 27.5 Å². The van der Waals surface area contributed by atoms with Crippen molar-refractivity contribution in [2.75, 3.05) is 19.3 Å². The van der Waals surface area contributed by atoms with Crippen molar-refractivity contribution in [3.05, 3.63) is 111 Å². The van der Waals surface area contributed by atoms with Gasteiger partial charge in [-0.15, -0.1) is 0 Å². The van der Waals surface area contributed by atoms with Crippen LogP contribution in [0.25, 0.3) is 28.0 Å². The lowest BCUT2D eigenvalue weighted by Crippen LogP contribution is -2.26. The fourth-order valence-corrected chi connectivity index (χ4v) is 6.51. The first-order valence-electron chi connectivity index (χ1n) is 15.9. The monoisotopic (exact) mass is 706 g/mol. The Hall–Kier alpha value is -4.56. The van der Waals surface area contributed by atoms with Crippen LogP contribution in [-0.4, -0.2) is 54.3 Å². The van der Waals surface area contributed by atoms with E-state index in [0.717, 1.165) is 29.5 Å². The average molecular weight is 707 g/mol. The van der Waals surface area contributed by atoms with Crippen molar-refractivity contribution < 1.29 is 12.8 Å². The number of aromatic nitrogens is 3. The number of nitrogens with one attached hydrogen (secondary N) is 2. The van der Waals surface area contributed by atoms with Gasteiger partial charge >= 0.3 is 5.69 Å². The summed E-state index contributed by atoms with van der Waals surface area (Å²) >= 11 is 6.27. The molecule has 0 aliphatic heterocycles. The fourth-order valence-electron chi connectivity index (χ4n) is 5.63. The van der Waals surface area contributed by atoms with Gasteiger partial charge in [-0.05, 0) is 98.3 Å². The molecule has 5 rings (SSSR count).